The zero-order chi connectivity index (χ0) is 23.6. The predicted octanol–water partition coefficient (Wildman–Crippen LogP) is 2.99. The summed E-state index contributed by atoms with van der Waals surface area (Å²) >= 11 is 0. The van der Waals surface area contributed by atoms with E-state index in [0.717, 1.165) is 31.3 Å². The number of carbonyl (C=O) groups excluding carboxylic acids is 2. The predicted molar refractivity (Wildman–Crippen MR) is 113 cm³/mol. The van der Waals surface area contributed by atoms with E-state index in [4.69, 9.17) is 0 Å². The fourth-order valence-corrected chi connectivity index (χ4v) is 3.69. The van der Waals surface area contributed by atoms with Crippen molar-refractivity contribution in [2.24, 2.45) is 0 Å². The molecule has 1 aliphatic rings. The Balaban J connectivity index is 1.84. The lowest BCUT2D eigenvalue weighted by Gasteiger charge is -2.22. The van der Waals surface area contributed by atoms with E-state index in [1.165, 1.54) is 0 Å². The van der Waals surface area contributed by atoms with E-state index in [0.29, 0.717) is 29.3 Å². The summed E-state index contributed by atoms with van der Waals surface area (Å²) in [5, 5.41) is 0. The summed E-state index contributed by atoms with van der Waals surface area (Å²) in [5.41, 5.74) is 1.12. The standard InChI is InChI=1S/C22H24F3N3O4/c1-4-13-11-17(20(30)32-21(31)22(23,24)25)19(29)26-18(13)14-5-7-15(8-6-14)28-10-9-16(12-28)27(2)3/h5-8,11,16H,4,9-10,12H2,1-3H3,(H,26,29)/t16-/m1/s1. The summed E-state index contributed by atoms with van der Waals surface area (Å²) in [6, 6.07) is 9.21. The highest BCUT2D eigenvalue weighted by Gasteiger charge is 2.43. The number of alkyl halides is 3. The van der Waals surface area contributed by atoms with Crippen LogP contribution < -0.4 is 10.5 Å². The van der Waals surface area contributed by atoms with Crippen molar-refractivity contribution in [3.05, 3.63) is 51.8 Å². The van der Waals surface area contributed by atoms with Gasteiger partial charge in [0.2, 0.25) is 0 Å². The summed E-state index contributed by atoms with van der Waals surface area (Å²) in [5.74, 6) is -4.31. The number of aromatic nitrogens is 1. The van der Waals surface area contributed by atoms with Gasteiger partial charge in [0.15, 0.2) is 0 Å². The van der Waals surface area contributed by atoms with Gasteiger partial charge in [0, 0.05) is 24.8 Å². The molecule has 1 aromatic heterocycles. The van der Waals surface area contributed by atoms with Crippen molar-refractivity contribution in [2.45, 2.75) is 32.0 Å². The molecule has 0 saturated carbocycles. The molecule has 1 aliphatic heterocycles. The van der Waals surface area contributed by atoms with Crippen LogP contribution in [0.4, 0.5) is 18.9 Å². The fraction of sp³-hybridized carbons (Fsp3) is 0.409. The van der Waals surface area contributed by atoms with Gasteiger partial charge in [0.1, 0.15) is 5.56 Å². The van der Waals surface area contributed by atoms with E-state index in [2.05, 4.69) is 33.6 Å². The molecule has 1 N–H and O–H groups in total. The molecule has 1 saturated heterocycles. The lowest BCUT2D eigenvalue weighted by Crippen LogP contribution is -2.31. The first-order valence-electron chi connectivity index (χ1n) is 10.1. The van der Waals surface area contributed by atoms with Crippen molar-refractivity contribution >= 4 is 17.6 Å². The van der Waals surface area contributed by atoms with Crippen molar-refractivity contribution < 1.29 is 27.5 Å². The highest BCUT2D eigenvalue weighted by atomic mass is 19.4. The second-order valence-electron chi connectivity index (χ2n) is 7.84. The molecule has 172 valence electrons. The molecule has 3 rings (SSSR count). The van der Waals surface area contributed by atoms with Crippen molar-refractivity contribution in [2.75, 3.05) is 32.1 Å². The zero-order valence-corrected chi connectivity index (χ0v) is 18.0. The smallest absolute Gasteiger partial charge is 0.382 e. The van der Waals surface area contributed by atoms with Crippen LogP contribution >= 0.6 is 0 Å². The van der Waals surface area contributed by atoms with E-state index in [1.54, 1.807) is 6.92 Å². The van der Waals surface area contributed by atoms with Gasteiger partial charge in [-0.05, 0) is 56.3 Å². The molecule has 0 radical (unpaired) electrons. The van der Waals surface area contributed by atoms with Crippen LogP contribution in [0.3, 0.4) is 0 Å². The number of aromatic amines is 1. The Morgan fingerprint density at radius 1 is 1.22 bits per heavy atom. The number of hydrogen-bond donors (Lipinski definition) is 1. The molecule has 7 nitrogen and oxygen atoms in total. The number of aryl methyl sites for hydroxylation is 1. The van der Waals surface area contributed by atoms with Crippen molar-refractivity contribution in [3.8, 4) is 11.3 Å². The first-order valence-corrected chi connectivity index (χ1v) is 10.1. The maximum Gasteiger partial charge on any atom is 0.491 e. The van der Waals surface area contributed by atoms with Crippen LogP contribution in [0.5, 0.6) is 0 Å². The van der Waals surface area contributed by atoms with Gasteiger partial charge in [-0.2, -0.15) is 13.2 Å². The minimum absolute atomic E-state index is 0.387. The Labute approximate surface area is 182 Å². The lowest BCUT2D eigenvalue weighted by atomic mass is 10.0. The van der Waals surface area contributed by atoms with Crippen LogP contribution in [0.1, 0.15) is 29.3 Å². The molecule has 2 heterocycles. The first-order chi connectivity index (χ1) is 15.0. The normalized spacial score (nSPS) is 16.5. The van der Waals surface area contributed by atoms with Gasteiger partial charge >= 0.3 is 18.1 Å². The third-order valence-corrected chi connectivity index (χ3v) is 5.56. The van der Waals surface area contributed by atoms with Crippen molar-refractivity contribution in [3.63, 3.8) is 0 Å². The minimum Gasteiger partial charge on any atom is -0.382 e. The van der Waals surface area contributed by atoms with Gasteiger partial charge in [-0.3, -0.25) is 4.79 Å². The van der Waals surface area contributed by atoms with Crippen LogP contribution in [0.25, 0.3) is 11.3 Å². The Hall–Kier alpha value is -3.14. The number of pyridine rings is 1. The van der Waals surface area contributed by atoms with Crippen LogP contribution in [0, 0.1) is 0 Å². The number of anilines is 1. The summed E-state index contributed by atoms with van der Waals surface area (Å²) in [7, 11) is 4.11. The average Bonchev–Trinajstić information content (AvgIpc) is 3.23. The Morgan fingerprint density at radius 2 is 1.88 bits per heavy atom. The lowest BCUT2D eigenvalue weighted by molar-refractivity contribution is -0.193. The molecular formula is C22H24F3N3O4. The van der Waals surface area contributed by atoms with Gasteiger partial charge in [0.05, 0.1) is 5.69 Å². The van der Waals surface area contributed by atoms with E-state index in [-0.39, 0.29) is 0 Å². The molecular weight excluding hydrogens is 427 g/mol. The molecule has 0 amide bonds. The van der Waals surface area contributed by atoms with Gasteiger partial charge < -0.3 is 19.5 Å². The topological polar surface area (TPSA) is 82.7 Å². The third-order valence-electron chi connectivity index (χ3n) is 5.56. The van der Waals surface area contributed by atoms with Crippen LogP contribution in [-0.2, 0) is 16.0 Å². The number of H-pyrrole nitrogens is 1. The van der Waals surface area contributed by atoms with Gasteiger partial charge in [-0.25, -0.2) is 9.59 Å². The molecule has 0 unspecified atom stereocenters. The number of likely N-dealkylation sites (N-methyl/N-ethyl adjacent to an activating group) is 1. The van der Waals surface area contributed by atoms with Crippen molar-refractivity contribution in [1.82, 2.24) is 9.88 Å². The number of carbonyl (C=O) groups is 2. The summed E-state index contributed by atoms with van der Waals surface area (Å²) in [6.07, 6.45) is -3.88. The fourth-order valence-electron chi connectivity index (χ4n) is 3.69. The zero-order valence-electron chi connectivity index (χ0n) is 18.0. The Kier molecular flexibility index (Phi) is 6.73. The number of nitrogens with one attached hydrogen (secondary N) is 1. The SMILES string of the molecule is CCc1cc(C(=O)OC(=O)C(F)(F)F)c(=O)[nH]c1-c1ccc(N2CC[C@@H](N(C)C)C2)cc1. The van der Waals surface area contributed by atoms with Gasteiger partial charge in [-0.15, -0.1) is 0 Å². The summed E-state index contributed by atoms with van der Waals surface area (Å²) in [6.45, 7) is 3.62. The first kappa shape index (κ1) is 23.5. The molecule has 10 heteroatoms. The number of esters is 2. The maximum absolute atomic E-state index is 12.4. The second kappa shape index (κ2) is 9.15. The highest BCUT2D eigenvalue weighted by Crippen LogP contribution is 2.27. The van der Waals surface area contributed by atoms with E-state index in [1.807, 2.05) is 24.3 Å². The quantitative estimate of drug-likeness (QED) is 0.556. The molecule has 32 heavy (non-hydrogen) atoms. The maximum atomic E-state index is 12.4. The van der Waals surface area contributed by atoms with Gasteiger partial charge in [-0.1, -0.05) is 19.1 Å². The Bertz CT molecular complexity index is 1060. The third kappa shape index (κ3) is 5.01. The molecule has 1 aromatic carbocycles. The van der Waals surface area contributed by atoms with E-state index in [9.17, 15) is 27.6 Å². The van der Waals surface area contributed by atoms with Crippen LogP contribution in [-0.4, -0.2) is 61.2 Å². The highest BCUT2D eigenvalue weighted by molar-refractivity contribution is 5.98. The molecule has 0 spiro atoms. The second-order valence-corrected chi connectivity index (χ2v) is 7.84. The van der Waals surface area contributed by atoms with Gasteiger partial charge in [0.25, 0.3) is 5.56 Å². The number of benzene rings is 1. The number of halogens is 3. The molecule has 0 bridgehead atoms. The number of rotatable bonds is 5. The molecule has 2 aromatic rings. The summed E-state index contributed by atoms with van der Waals surface area (Å²) in [4.78, 5) is 42.2. The number of nitrogens with zero attached hydrogens (tertiary/aromatic N) is 2. The average molecular weight is 451 g/mol. The number of hydrogen-bond acceptors (Lipinski definition) is 6. The van der Waals surface area contributed by atoms with Crippen LogP contribution in [0.2, 0.25) is 0 Å². The monoisotopic (exact) mass is 451 g/mol. The summed E-state index contributed by atoms with van der Waals surface area (Å²) < 4.78 is 40.8. The molecule has 1 atom stereocenters. The van der Waals surface area contributed by atoms with Crippen molar-refractivity contribution in [1.29, 1.82) is 0 Å². The van der Waals surface area contributed by atoms with Crippen LogP contribution in [0.15, 0.2) is 35.1 Å². The Morgan fingerprint density at radius 3 is 2.41 bits per heavy atom. The number of ether oxygens (including phenoxy) is 1. The van der Waals surface area contributed by atoms with E-state index < -0.39 is 29.2 Å². The molecule has 1 fully saturated rings. The molecule has 0 aliphatic carbocycles. The minimum atomic E-state index is -5.33. The van der Waals surface area contributed by atoms with E-state index >= 15 is 0 Å². The largest absolute Gasteiger partial charge is 0.491 e.